The van der Waals surface area contributed by atoms with Gasteiger partial charge in [0.25, 0.3) is 0 Å². The van der Waals surface area contributed by atoms with Gasteiger partial charge >= 0.3 is 0 Å². The molecule has 0 spiro atoms. The van der Waals surface area contributed by atoms with E-state index in [9.17, 15) is 0 Å². The highest BCUT2D eigenvalue weighted by molar-refractivity contribution is 8.02. The monoisotopic (exact) mass is 192 g/mol. The molecule has 0 radical (unpaired) electrons. The fourth-order valence-electron chi connectivity index (χ4n) is 1.07. The molecule has 0 aliphatic heterocycles. The van der Waals surface area contributed by atoms with Crippen LogP contribution in [0.1, 0.15) is 31.1 Å². The quantitative estimate of drug-likeness (QED) is 0.681. The van der Waals surface area contributed by atoms with E-state index in [1.807, 2.05) is 11.8 Å². The van der Waals surface area contributed by atoms with Gasteiger partial charge < -0.3 is 0 Å². The minimum Gasteiger partial charge on any atom is -0.127 e. The zero-order valence-electron chi connectivity index (χ0n) is 8.23. The lowest BCUT2D eigenvalue weighted by Crippen LogP contribution is -1.84. The Balaban J connectivity index is 2.49. The smallest absolute Gasteiger partial charge is 0.0310 e. The molecular formula is C12H16S. The molecule has 0 amide bonds. The van der Waals surface area contributed by atoms with Gasteiger partial charge in [0, 0.05) is 5.25 Å². The molecule has 1 aromatic carbocycles. The van der Waals surface area contributed by atoms with Gasteiger partial charge in [0.05, 0.1) is 0 Å². The third-order valence-corrected chi connectivity index (χ3v) is 2.91. The molecule has 0 heterocycles. The lowest BCUT2D eigenvalue weighted by Gasteiger charge is -2.07. The Morgan fingerprint density at radius 3 is 2.62 bits per heavy atom. The number of benzene rings is 1. The van der Waals surface area contributed by atoms with Gasteiger partial charge in [0.1, 0.15) is 0 Å². The zero-order chi connectivity index (χ0) is 9.52. The molecule has 1 atom stereocenters. The molecule has 70 valence electrons. The summed E-state index contributed by atoms with van der Waals surface area (Å²) < 4.78 is 0. The van der Waals surface area contributed by atoms with E-state index >= 15 is 0 Å². The van der Waals surface area contributed by atoms with Crippen molar-refractivity contribution in [3.8, 4) is 0 Å². The molecule has 0 aliphatic rings. The largest absolute Gasteiger partial charge is 0.127 e. The molecule has 1 rings (SSSR count). The number of thioether (sulfide) groups is 1. The van der Waals surface area contributed by atoms with E-state index in [1.54, 1.807) is 0 Å². The van der Waals surface area contributed by atoms with Crippen LogP contribution in [0, 0.1) is 0 Å². The van der Waals surface area contributed by atoms with Gasteiger partial charge in [-0.1, -0.05) is 43.3 Å². The van der Waals surface area contributed by atoms with Crippen molar-refractivity contribution in [2.24, 2.45) is 0 Å². The van der Waals surface area contributed by atoms with Crippen LogP contribution in [-0.4, -0.2) is 0 Å². The molecule has 0 N–H and O–H groups in total. The molecule has 0 saturated heterocycles. The molecular weight excluding hydrogens is 176 g/mol. The summed E-state index contributed by atoms with van der Waals surface area (Å²) in [6.45, 7) is 4.39. The average molecular weight is 192 g/mol. The van der Waals surface area contributed by atoms with E-state index in [-0.39, 0.29) is 0 Å². The Morgan fingerprint density at radius 2 is 2.00 bits per heavy atom. The van der Waals surface area contributed by atoms with Crippen molar-refractivity contribution < 1.29 is 0 Å². The second-order valence-electron chi connectivity index (χ2n) is 2.97. The lowest BCUT2D eigenvalue weighted by molar-refractivity contribution is 1.11. The van der Waals surface area contributed by atoms with Gasteiger partial charge in [0.2, 0.25) is 0 Å². The van der Waals surface area contributed by atoms with Crippen LogP contribution in [0.15, 0.2) is 41.8 Å². The summed E-state index contributed by atoms with van der Waals surface area (Å²) in [6, 6.07) is 10.6. The van der Waals surface area contributed by atoms with Crippen LogP contribution in [0.25, 0.3) is 0 Å². The summed E-state index contributed by atoms with van der Waals surface area (Å²) in [6.07, 6.45) is 3.32. The first-order valence-electron chi connectivity index (χ1n) is 4.70. The second kappa shape index (κ2) is 5.87. The van der Waals surface area contributed by atoms with Gasteiger partial charge in [-0.05, 0) is 24.3 Å². The van der Waals surface area contributed by atoms with E-state index in [4.69, 9.17) is 0 Å². The highest BCUT2D eigenvalue weighted by Gasteiger charge is 2.01. The van der Waals surface area contributed by atoms with Crippen molar-refractivity contribution in [2.45, 2.75) is 25.5 Å². The number of rotatable bonds is 4. The van der Waals surface area contributed by atoms with Crippen LogP contribution in [0.3, 0.4) is 0 Å². The van der Waals surface area contributed by atoms with Gasteiger partial charge in [-0.25, -0.2) is 0 Å². The second-order valence-corrected chi connectivity index (χ2v) is 4.22. The highest BCUT2D eigenvalue weighted by Crippen LogP contribution is 2.28. The number of allylic oxidation sites excluding steroid dienone is 1. The molecule has 1 unspecified atom stereocenters. The van der Waals surface area contributed by atoms with Gasteiger partial charge in [-0.15, -0.1) is 11.8 Å². The summed E-state index contributed by atoms with van der Waals surface area (Å²) in [4.78, 5) is 0. The Bertz CT molecular complexity index is 251. The third kappa shape index (κ3) is 3.69. The van der Waals surface area contributed by atoms with Crippen molar-refractivity contribution in [1.29, 1.82) is 0 Å². The van der Waals surface area contributed by atoms with Gasteiger partial charge in [-0.3, -0.25) is 0 Å². The van der Waals surface area contributed by atoms with Crippen molar-refractivity contribution in [3.05, 3.63) is 47.4 Å². The molecule has 0 aromatic heterocycles. The molecule has 1 heteroatoms. The zero-order valence-corrected chi connectivity index (χ0v) is 9.05. The first-order chi connectivity index (χ1) is 6.34. The summed E-state index contributed by atoms with van der Waals surface area (Å²) in [5.74, 6) is 0. The average Bonchev–Trinajstić information content (AvgIpc) is 2.19. The summed E-state index contributed by atoms with van der Waals surface area (Å²) in [5, 5.41) is 2.75. The lowest BCUT2D eigenvalue weighted by atomic mass is 10.2. The molecule has 1 aromatic rings. The van der Waals surface area contributed by atoms with E-state index in [0.717, 1.165) is 6.42 Å². The molecule has 0 aliphatic carbocycles. The predicted octanol–water partition coefficient (Wildman–Crippen LogP) is 4.40. The fraction of sp³-hybridized carbons (Fsp3) is 0.333. The van der Waals surface area contributed by atoms with Crippen LogP contribution in [0.5, 0.6) is 0 Å². The maximum atomic E-state index is 2.24. The number of hydrogen-bond acceptors (Lipinski definition) is 1. The molecule has 0 nitrogen and oxygen atoms in total. The minimum absolute atomic E-state index is 0.559. The summed E-state index contributed by atoms with van der Waals surface area (Å²) in [5.41, 5.74) is 1.40. The first-order valence-corrected chi connectivity index (χ1v) is 5.64. The van der Waals surface area contributed by atoms with Crippen LogP contribution < -0.4 is 0 Å². The Labute approximate surface area is 85.1 Å². The van der Waals surface area contributed by atoms with Gasteiger partial charge in [-0.2, -0.15) is 0 Å². The van der Waals surface area contributed by atoms with Crippen molar-refractivity contribution in [1.82, 2.24) is 0 Å². The minimum atomic E-state index is 0.559. The third-order valence-electron chi connectivity index (χ3n) is 1.88. The maximum Gasteiger partial charge on any atom is 0.0310 e. The van der Waals surface area contributed by atoms with Crippen molar-refractivity contribution in [2.75, 3.05) is 0 Å². The fourth-order valence-corrected chi connectivity index (χ4v) is 1.93. The molecule has 0 bridgehead atoms. The van der Waals surface area contributed by atoms with Crippen molar-refractivity contribution in [3.63, 3.8) is 0 Å². The predicted molar refractivity (Wildman–Crippen MR) is 61.9 cm³/mol. The molecule has 0 saturated carbocycles. The summed E-state index contributed by atoms with van der Waals surface area (Å²) in [7, 11) is 0. The van der Waals surface area contributed by atoms with Crippen LogP contribution in [-0.2, 0) is 0 Å². The van der Waals surface area contributed by atoms with Crippen LogP contribution in [0.4, 0.5) is 0 Å². The Kier molecular flexibility index (Phi) is 4.69. The molecule has 0 fully saturated rings. The Hall–Kier alpha value is -0.690. The van der Waals surface area contributed by atoms with Crippen molar-refractivity contribution >= 4 is 11.8 Å². The van der Waals surface area contributed by atoms with E-state index in [1.165, 1.54) is 5.56 Å². The Morgan fingerprint density at radius 1 is 1.31 bits per heavy atom. The normalized spacial score (nSPS) is 13.4. The maximum absolute atomic E-state index is 2.24. The highest BCUT2D eigenvalue weighted by atomic mass is 32.2. The van der Waals surface area contributed by atoms with E-state index in [2.05, 4.69) is 55.7 Å². The van der Waals surface area contributed by atoms with E-state index in [0.29, 0.717) is 5.25 Å². The topological polar surface area (TPSA) is 0 Å². The van der Waals surface area contributed by atoms with E-state index < -0.39 is 0 Å². The van der Waals surface area contributed by atoms with Crippen LogP contribution >= 0.6 is 11.8 Å². The standard InChI is InChI=1S/C12H16S/c1-3-4-10-13-11(2)12-8-6-5-7-9-12/h4-11H,3H2,1-2H3/b10-4+. The van der Waals surface area contributed by atoms with Crippen LogP contribution in [0.2, 0.25) is 0 Å². The van der Waals surface area contributed by atoms with Gasteiger partial charge in [0.15, 0.2) is 0 Å². The summed E-state index contributed by atoms with van der Waals surface area (Å²) >= 11 is 1.87. The first kappa shape index (κ1) is 10.4. The SMILES string of the molecule is CC/C=C/SC(C)c1ccccc1. The molecule has 13 heavy (non-hydrogen) atoms. The number of hydrogen-bond donors (Lipinski definition) is 0.